The molecule has 0 aliphatic carbocycles. The fourth-order valence-corrected chi connectivity index (χ4v) is 4.33. The van der Waals surface area contributed by atoms with Gasteiger partial charge in [0.25, 0.3) is 0 Å². The Morgan fingerprint density at radius 1 is 1.00 bits per heavy atom. The summed E-state index contributed by atoms with van der Waals surface area (Å²) in [4.78, 5) is 0. The van der Waals surface area contributed by atoms with Crippen LogP contribution in [0.2, 0.25) is 37.9 Å². The van der Waals surface area contributed by atoms with Crippen molar-refractivity contribution in [3.63, 3.8) is 0 Å². The fourth-order valence-electron chi connectivity index (χ4n) is 4.33. The first-order valence-corrected chi connectivity index (χ1v) is 8.13. The molecule has 2 heteroatoms. The van der Waals surface area contributed by atoms with E-state index < -0.39 is 0 Å². The molecule has 0 radical (unpaired) electrons. The predicted molar refractivity (Wildman–Crippen MR) is 81.7 cm³/mol. The molecule has 2 rings (SSSR count). The zero-order valence-electron chi connectivity index (χ0n) is 12.3. The minimum atomic E-state index is 0.987. The topological polar surface area (TPSA) is 0 Å². The van der Waals surface area contributed by atoms with Crippen molar-refractivity contribution in [2.45, 2.75) is 78.0 Å². The van der Waals surface area contributed by atoms with Gasteiger partial charge in [0, 0.05) is 0 Å². The van der Waals surface area contributed by atoms with E-state index in [1.54, 1.807) is 0 Å². The summed E-state index contributed by atoms with van der Waals surface area (Å²) in [6.45, 7) is 9.52. The van der Waals surface area contributed by atoms with Crippen molar-refractivity contribution in [1.82, 2.24) is 0 Å². The van der Waals surface area contributed by atoms with E-state index in [1.807, 2.05) is 0 Å². The van der Waals surface area contributed by atoms with Crippen LogP contribution in [0.4, 0.5) is 0 Å². The summed E-state index contributed by atoms with van der Waals surface area (Å²) in [5, 5.41) is 0. The van der Waals surface area contributed by atoms with Gasteiger partial charge in [0.15, 0.2) is 0 Å². The number of hydrogen-bond donors (Lipinski definition) is 0. The predicted octanol–water partition coefficient (Wildman–Crippen LogP) is 5.08. The molecule has 0 bridgehead atoms. The average molecular weight is 232 g/mol. The smallest absolute Gasteiger partial charge is 0.0739 e. The van der Waals surface area contributed by atoms with Gasteiger partial charge in [0.2, 0.25) is 0 Å². The van der Waals surface area contributed by atoms with Crippen molar-refractivity contribution < 1.29 is 0 Å². The third kappa shape index (κ3) is 4.38. The molecular weight excluding hydrogens is 202 g/mol. The SMILES string of the molecule is CC1CCB(CCC(C)CB2CCC(C)C2)C1. The van der Waals surface area contributed by atoms with E-state index in [1.165, 1.54) is 57.2 Å². The summed E-state index contributed by atoms with van der Waals surface area (Å²) in [5.74, 6) is 3.02. The van der Waals surface area contributed by atoms with Crippen molar-refractivity contribution in [1.29, 1.82) is 0 Å². The van der Waals surface area contributed by atoms with Crippen LogP contribution in [0.3, 0.4) is 0 Å². The van der Waals surface area contributed by atoms with E-state index in [9.17, 15) is 0 Å². The van der Waals surface area contributed by atoms with Crippen LogP contribution in [-0.4, -0.2) is 13.4 Å². The van der Waals surface area contributed by atoms with E-state index in [0.29, 0.717) is 0 Å². The van der Waals surface area contributed by atoms with E-state index in [0.717, 1.165) is 31.2 Å². The normalized spacial score (nSPS) is 31.2. The van der Waals surface area contributed by atoms with Crippen LogP contribution in [0, 0.1) is 17.8 Å². The maximum atomic E-state index is 2.50. The standard InChI is InChI=1S/C15H30B2/c1-13-4-7-16(10-13)8-5-14(2)11-17-9-6-15(3)12-17/h13-15H,4-12H2,1-3H3. The molecule has 0 nitrogen and oxygen atoms in total. The second-order valence-electron chi connectivity index (χ2n) is 7.49. The zero-order chi connectivity index (χ0) is 12.3. The maximum Gasteiger partial charge on any atom is 0.140 e. The molecule has 2 fully saturated rings. The minimum Gasteiger partial charge on any atom is -0.0739 e. The van der Waals surface area contributed by atoms with Gasteiger partial charge in [-0.2, -0.15) is 0 Å². The van der Waals surface area contributed by atoms with E-state index >= 15 is 0 Å². The first-order valence-electron chi connectivity index (χ1n) is 8.13. The highest BCUT2D eigenvalue weighted by Crippen LogP contribution is 2.33. The monoisotopic (exact) mass is 232 g/mol. The molecule has 2 heterocycles. The van der Waals surface area contributed by atoms with Gasteiger partial charge in [0.1, 0.15) is 13.4 Å². The molecule has 0 saturated carbocycles. The van der Waals surface area contributed by atoms with Crippen LogP contribution in [0.1, 0.15) is 40.0 Å². The third-order valence-corrected chi connectivity index (χ3v) is 5.41. The molecule has 3 unspecified atom stereocenters. The van der Waals surface area contributed by atoms with Crippen LogP contribution < -0.4 is 0 Å². The van der Waals surface area contributed by atoms with E-state index in [2.05, 4.69) is 20.8 Å². The minimum absolute atomic E-state index is 0.987. The molecule has 0 aromatic rings. The largest absolute Gasteiger partial charge is 0.140 e. The van der Waals surface area contributed by atoms with Gasteiger partial charge in [-0.25, -0.2) is 0 Å². The Labute approximate surface area is 109 Å². The number of rotatable bonds is 5. The third-order valence-electron chi connectivity index (χ3n) is 5.41. The van der Waals surface area contributed by atoms with Crippen molar-refractivity contribution in [3.8, 4) is 0 Å². The second-order valence-corrected chi connectivity index (χ2v) is 7.49. The Hall–Kier alpha value is 0.130. The van der Waals surface area contributed by atoms with Gasteiger partial charge >= 0.3 is 0 Å². The van der Waals surface area contributed by atoms with Crippen molar-refractivity contribution in [3.05, 3.63) is 0 Å². The Balaban J connectivity index is 1.59. The van der Waals surface area contributed by atoms with Crippen LogP contribution in [0.15, 0.2) is 0 Å². The zero-order valence-corrected chi connectivity index (χ0v) is 12.3. The quantitative estimate of drug-likeness (QED) is 0.579. The van der Waals surface area contributed by atoms with Gasteiger partial charge in [-0.05, 0) is 0 Å². The lowest BCUT2D eigenvalue weighted by molar-refractivity contribution is 0.612. The first kappa shape index (κ1) is 13.6. The lowest BCUT2D eigenvalue weighted by Crippen LogP contribution is -2.14. The molecule has 0 amide bonds. The summed E-state index contributed by atoms with van der Waals surface area (Å²) >= 11 is 0. The van der Waals surface area contributed by atoms with Gasteiger partial charge in [0.05, 0.1) is 0 Å². The van der Waals surface area contributed by atoms with Crippen molar-refractivity contribution in [2.24, 2.45) is 17.8 Å². The molecule has 17 heavy (non-hydrogen) atoms. The molecule has 2 aliphatic heterocycles. The second kappa shape index (κ2) is 6.34. The van der Waals surface area contributed by atoms with Crippen molar-refractivity contribution in [2.75, 3.05) is 0 Å². The van der Waals surface area contributed by atoms with Crippen LogP contribution in [-0.2, 0) is 0 Å². The van der Waals surface area contributed by atoms with Crippen LogP contribution in [0.25, 0.3) is 0 Å². The van der Waals surface area contributed by atoms with E-state index in [4.69, 9.17) is 0 Å². The molecule has 2 saturated heterocycles. The summed E-state index contributed by atoms with van der Waals surface area (Å²) in [5.41, 5.74) is 0. The van der Waals surface area contributed by atoms with Gasteiger partial charge in [-0.3, -0.25) is 0 Å². The summed E-state index contributed by atoms with van der Waals surface area (Å²) in [7, 11) is 0. The van der Waals surface area contributed by atoms with Crippen LogP contribution in [0.5, 0.6) is 0 Å². The Morgan fingerprint density at radius 3 is 2.12 bits per heavy atom. The number of hydrogen-bond acceptors (Lipinski definition) is 0. The van der Waals surface area contributed by atoms with Gasteiger partial charge < -0.3 is 0 Å². The summed E-state index contributed by atoms with van der Waals surface area (Å²) in [6, 6.07) is 0. The lowest BCUT2D eigenvalue weighted by Gasteiger charge is -2.15. The van der Waals surface area contributed by atoms with Gasteiger partial charge in [-0.1, -0.05) is 95.7 Å². The van der Waals surface area contributed by atoms with Crippen molar-refractivity contribution >= 4 is 13.4 Å². The van der Waals surface area contributed by atoms with E-state index in [-0.39, 0.29) is 0 Å². The molecule has 0 aromatic carbocycles. The molecule has 0 N–H and O–H groups in total. The average Bonchev–Trinajstić information content (AvgIpc) is 2.85. The lowest BCUT2D eigenvalue weighted by atomic mass is 9.41. The summed E-state index contributed by atoms with van der Waals surface area (Å²) in [6.07, 6.45) is 13.6. The fraction of sp³-hybridized carbons (Fsp3) is 1.00. The molecule has 3 atom stereocenters. The Bertz CT molecular complexity index is 229. The van der Waals surface area contributed by atoms with Gasteiger partial charge in [-0.15, -0.1) is 0 Å². The molecule has 2 aliphatic rings. The molecular formula is C15H30B2. The Morgan fingerprint density at radius 2 is 1.59 bits per heavy atom. The highest BCUT2D eigenvalue weighted by Gasteiger charge is 2.28. The summed E-state index contributed by atoms with van der Waals surface area (Å²) < 4.78 is 0. The van der Waals surface area contributed by atoms with Crippen LogP contribution >= 0.6 is 0 Å². The Kier molecular flexibility index (Phi) is 5.06. The highest BCUT2D eigenvalue weighted by atomic mass is 14.1. The maximum absolute atomic E-state index is 2.50. The molecule has 96 valence electrons. The molecule has 0 aromatic heterocycles. The highest BCUT2D eigenvalue weighted by molar-refractivity contribution is 6.60. The first-order chi connectivity index (χ1) is 8.13. The molecule has 0 spiro atoms.